The van der Waals surface area contributed by atoms with Crippen molar-refractivity contribution >= 4 is 35.6 Å². The molecule has 0 unspecified atom stereocenters. The van der Waals surface area contributed by atoms with E-state index in [0.29, 0.717) is 12.5 Å². The van der Waals surface area contributed by atoms with Crippen molar-refractivity contribution in [3.05, 3.63) is 29.8 Å². The highest BCUT2D eigenvalue weighted by molar-refractivity contribution is 14.0. The molecule has 1 aromatic carbocycles. The van der Waals surface area contributed by atoms with Gasteiger partial charge < -0.3 is 16.2 Å². The molecule has 1 aliphatic carbocycles. The van der Waals surface area contributed by atoms with Crippen LogP contribution in [-0.2, 0) is 0 Å². The maximum atomic E-state index is 9.31. The summed E-state index contributed by atoms with van der Waals surface area (Å²) in [6.45, 7) is 3.00. The molecule has 2 rings (SSSR count). The van der Waals surface area contributed by atoms with Crippen LogP contribution in [0.15, 0.2) is 29.3 Å². The van der Waals surface area contributed by atoms with Gasteiger partial charge in [0.2, 0.25) is 0 Å². The fourth-order valence-electron chi connectivity index (χ4n) is 3.10. The Bertz CT molecular complexity index is 462. The monoisotopic (exact) mass is 417 g/mol. The zero-order valence-electron chi connectivity index (χ0n) is 13.3. The molecule has 4 N–H and O–H groups in total. The van der Waals surface area contributed by atoms with E-state index in [0.717, 1.165) is 24.9 Å². The summed E-state index contributed by atoms with van der Waals surface area (Å²) in [6, 6.07) is 8.09. The molecule has 1 saturated carbocycles. The van der Waals surface area contributed by atoms with E-state index < -0.39 is 0 Å². The summed E-state index contributed by atoms with van der Waals surface area (Å²) >= 11 is 0. The number of nitrogens with two attached hydrogens (primary N) is 1. The third-order valence-electron chi connectivity index (χ3n) is 4.47. The van der Waals surface area contributed by atoms with Crippen LogP contribution in [0, 0.1) is 12.3 Å². The van der Waals surface area contributed by atoms with Gasteiger partial charge in [-0.15, -0.1) is 24.0 Å². The SMILES string of the molecule is Cc1ccc(NC(N)=NCC2(CCO)CCCCC2)cc1.I. The molecule has 0 aromatic heterocycles. The third-order valence-corrected chi connectivity index (χ3v) is 4.47. The van der Waals surface area contributed by atoms with E-state index in [9.17, 15) is 5.11 Å². The number of rotatable bonds is 5. The van der Waals surface area contributed by atoms with Crippen molar-refractivity contribution < 1.29 is 5.11 Å². The van der Waals surface area contributed by atoms with Crippen molar-refractivity contribution in [3.8, 4) is 0 Å². The van der Waals surface area contributed by atoms with Crippen molar-refractivity contribution in [1.82, 2.24) is 0 Å². The summed E-state index contributed by atoms with van der Waals surface area (Å²) in [5, 5.41) is 12.4. The van der Waals surface area contributed by atoms with Crippen LogP contribution in [0.5, 0.6) is 0 Å². The first-order valence-corrected chi connectivity index (χ1v) is 7.88. The van der Waals surface area contributed by atoms with E-state index in [-0.39, 0.29) is 36.0 Å². The molecule has 124 valence electrons. The first-order valence-electron chi connectivity index (χ1n) is 7.88. The van der Waals surface area contributed by atoms with Crippen molar-refractivity contribution in [2.24, 2.45) is 16.1 Å². The number of hydrogen-bond donors (Lipinski definition) is 3. The molecule has 0 amide bonds. The number of guanidine groups is 1. The van der Waals surface area contributed by atoms with E-state index in [1.165, 1.54) is 24.8 Å². The minimum atomic E-state index is 0. The van der Waals surface area contributed by atoms with Crippen LogP contribution < -0.4 is 11.1 Å². The number of halogens is 1. The normalized spacial score (nSPS) is 17.6. The van der Waals surface area contributed by atoms with Crippen LogP contribution in [0.3, 0.4) is 0 Å². The Morgan fingerprint density at radius 1 is 1.23 bits per heavy atom. The summed E-state index contributed by atoms with van der Waals surface area (Å²) < 4.78 is 0. The van der Waals surface area contributed by atoms with Gasteiger partial charge in [-0.2, -0.15) is 0 Å². The van der Waals surface area contributed by atoms with E-state index in [4.69, 9.17) is 5.73 Å². The lowest BCUT2D eigenvalue weighted by molar-refractivity contribution is 0.137. The number of nitrogens with one attached hydrogen (secondary N) is 1. The Balaban J connectivity index is 0.00000242. The number of aryl methyl sites for hydroxylation is 1. The second-order valence-electron chi connectivity index (χ2n) is 6.23. The Kier molecular flexibility index (Phi) is 8.17. The first kappa shape index (κ1) is 19.2. The van der Waals surface area contributed by atoms with E-state index in [1.54, 1.807) is 0 Å². The molecule has 1 aliphatic rings. The van der Waals surface area contributed by atoms with Crippen LogP contribution >= 0.6 is 24.0 Å². The van der Waals surface area contributed by atoms with Crippen LogP contribution in [-0.4, -0.2) is 24.2 Å². The molecule has 0 atom stereocenters. The van der Waals surface area contributed by atoms with Gasteiger partial charge in [0.05, 0.1) is 0 Å². The number of aliphatic hydroxyl groups excluding tert-OH is 1. The quantitative estimate of drug-likeness (QED) is 0.389. The zero-order valence-corrected chi connectivity index (χ0v) is 15.7. The zero-order chi connectivity index (χ0) is 15.1. The number of nitrogens with zero attached hydrogens (tertiary/aromatic N) is 1. The maximum Gasteiger partial charge on any atom is 0.193 e. The van der Waals surface area contributed by atoms with Crippen molar-refractivity contribution in [3.63, 3.8) is 0 Å². The summed E-state index contributed by atoms with van der Waals surface area (Å²) in [4.78, 5) is 4.53. The van der Waals surface area contributed by atoms with Crippen molar-refractivity contribution in [1.29, 1.82) is 0 Å². The summed E-state index contributed by atoms with van der Waals surface area (Å²) in [7, 11) is 0. The van der Waals surface area contributed by atoms with Crippen LogP contribution in [0.4, 0.5) is 5.69 Å². The standard InChI is InChI=1S/C17H27N3O.HI/c1-14-5-7-15(8-6-14)20-16(18)19-13-17(11-12-21)9-3-2-4-10-17;/h5-8,21H,2-4,9-13H2,1H3,(H3,18,19,20);1H. The molecule has 0 saturated heterocycles. The van der Waals surface area contributed by atoms with Crippen molar-refractivity contribution in [2.45, 2.75) is 45.4 Å². The Labute approximate surface area is 150 Å². The first-order chi connectivity index (χ1) is 10.1. The Morgan fingerprint density at radius 2 is 1.86 bits per heavy atom. The van der Waals surface area contributed by atoms with Gasteiger partial charge >= 0.3 is 0 Å². The molecule has 0 radical (unpaired) electrons. The molecule has 4 nitrogen and oxygen atoms in total. The fourth-order valence-corrected chi connectivity index (χ4v) is 3.10. The molecule has 0 aliphatic heterocycles. The van der Waals surface area contributed by atoms with Gasteiger partial charge in [-0.05, 0) is 43.7 Å². The lowest BCUT2D eigenvalue weighted by atomic mass is 9.72. The fraction of sp³-hybridized carbons (Fsp3) is 0.588. The molecule has 0 bridgehead atoms. The van der Waals surface area contributed by atoms with Gasteiger partial charge in [-0.1, -0.05) is 37.0 Å². The average molecular weight is 417 g/mol. The van der Waals surface area contributed by atoms with Crippen LogP contribution in [0.1, 0.15) is 44.1 Å². The van der Waals surface area contributed by atoms with Crippen LogP contribution in [0.25, 0.3) is 0 Å². The predicted molar refractivity (Wildman–Crippen MR) is 104 cm³/mol. The van der Waals surface area contributed by atoms with E-state index in [1.807, 2.05) is 24.3 Å². The van der Waals surface area contributed by atoms with E-state index >= 15 is 0 Å². The highest BCUT2D eigenvalue weighted by atomic mass is 127. The minimum Gasteiger partial charge on any atom is -0.396 e. The molecule has 0 heterocycles. The largest absolute Gasteiger partial charge is 0.396 e. The van der Waals surface area contributed by atoms with Gasteiger partial charge in [0.1, 0.15) is 0 Å². The summed E-state index contributed by atoms with van der Waals surface area (Å²) in [5.74, 6) is 0.460. The Hall–Kier alpha value is -0.820. The van der Waals surface area contributed by atoms with Gasteiger partial charge in [0, 0.05) is 18.8 Å². The van der Waals surface area contributed by atoms with Crippen molar-refractivity contribution in [2.75, 3.05) is 18.5 Å². The number of anilines is 1. The predicted octanol–water partition coefficient (Wildman–Crippen LogP) is 3.67. The average Bonchev–Trinajstić information content (AvgIpc) is 2.49. The summed E-state index contributed by atoms with van der Waals surface area (Å²) in [6.07, 6.45) is 6.90. The number of aliphatic hydroxyl groups is 1. The summed E-state index contributed by atoms with van der Waals surface area (Å²) in [5.41, 5.74) is 8.32. The molecular weight excluding hydrogens is 389 g/mol. The second-order valence-corrected chi connectivity index (χ2v) is 6.23. The number of hydrogen-bond acceptors (Lipinski definition) is 2. The number of benzene rings is 1. The second kappa shape index (κ2) is 9.35. The smallest absolute Gasteiger partial charge is 0.193 e. The Morgan fingerprint density at radius 3 is 2.45 bits per heavy atom. The minimum absolute atomic E-state index is 0. The molecule has 22 heavy (non-hydrogen) atoms. The molecule has 0 spiro atoms. The topological polar surface area (TPSA) is 70.6 Å². The van der Waals surface area contributed by atoms with Gasteiger partial charge in [0.25, 0.3) is 0 Å². The lowest BCUT2D eigenvalue weighted by Gasteiger charge is -2.35. The van der Waals surface area contributed by atoms with E-state index in [2.05, 4.69) is 17.2 Å². The molecule has 1 fully saturated rings. The number of aliphatic imine (C=N–C) groups is 1. The maximum absolute atomic E-state index is 9.31. The highest BCUT2D eigenvalue weighted by Crippen LogP contribution is 2.39. The molecule has 1 aromatic rings. The van der Waals surface area contributed by atoms with Gasteiger partial charge in [0.15, 0.2) is 5.96 Å². The van der Waals surface area contributed by atoms with Gasteiger partial charge in [-0.3, -0.25) is 4.99 Å². The third kappa shape index (κ3) is 5.76. The van der Waals surface area contributed by atoms with Crippen LogP contribution in [0.2, 0.25) is 0 Å². The van der Waals surface area contributed by atoms with Gasteiger partial charge in [-0.25, -0.2) is 0 Å². The lowest BCUT2D eigenvalue weighted by Crippen LogP contribution is -2.31. The highest BCUT2D eigenvalue weighted by Gasteiger charge is 2.31. The molecular formula is C17H28IN3O. The molecule has 5 heteroatoms.